The Balaban J connectivity index is 1.70. The summed E-state index contributed by atoms with van der Waals surface area (Å²) >= 11 is 0. The molecule has 2 N–H and O–H groups in total. The molecule has 0 unspecified atom stereocenters. The molecule has 0 saturated carbocycles. The number of amides is 1. The van der Waals surface area contributed by atoms with Gasteiger partial charge in [0.05, 0.1) is 23.1 Å². The van der Waals surface area contributed by atoms with Crippen LogP contribution in [0.5, 0.6) is 0 Å². The number of likely N-dealkylation sites (N-methyl/N-ethyl adjacent to an activating group) is 1. The number of nitrogens with zero attached hydrogens (tertiary/aromatic N) is 4. The molecular formula is C25H28N6O. The van der Waals surface area contributed by atoms with Gasteiger partial charge in [-0.2, -0.15) is 5.10 Å². The summed E-state index contributed by atoms with van der Waals surface area (Å²) in [6, 6.07) is 15.8. The van der Waals surface area contributed by atoms with Crippen LogP contribution >= 0.6 is 0 Å². The Morgan fingerprint density at radius 1 is 1.06 bits per heavy atom. The Morgan fingerprint density at radius 2 is 1.88 bits per heavy atom. The van der Waals surface area contributed by atoms with Crippen LogP contribution in [0.1, 0.15) is 36.8 Å². The number of benzene rings is 1. The highest BCUT2D eigenvalue weighted by atomic mass is 16.1. The first kappa shape index (κ1) is 21.6. The standard InChI is InChI=1S/C25H28N6O/c1-4-20-13-19(25(32)27-15-17(3)26-5-2)14-23(29-20)21-16-28-31-12-11-22(30-24(21)31)18-9-7-6-8-10-18/h6-14,16-17,26H,4-5,15H2,1-3H3,(H,27,32)/t17-/m0/s1. The highest BCUT2D eigenvalue weighted by molar-refractivity contribution is 5.95. The SMILES string of the molecule is CCN[C@@H](C)CNC(=O)c1cc(CC)nc(-c2cnn3ccc(-c4ccccc4)nc23)c1. The van der Waals surface area contributed by atoms with E-state index in [4.69, 9.17) is 9.97 Å². The van der Waals surface area contributed by atoms with Crippen molar-refractivity contribution in [3.63, 3.8) is 0 Å². The summed E-state index contributed by atoms with van der Waals surface area (Å²) < 4.78 is 1.74. The second-order valence-electron chi connectivity index (χ2n) is 7.76. The Bertz CT molecular complexity index is 1220. The molecular weight excluding hydrogens is 400 g/mol. The Labute approximate surface area is 187 Å². The van der Waals surface area contributed by atoms with Crippen LogP contribution in [-0.4, -0.2) is 44.6 Å². The molecule has 0 bridgehead atoms. The van der Waals surface area contributed by atoms with Gasteiger partial charge in [-0.25, -0.2) is 9.50 Å². The van der Waals surface area contributed by atoms with E-state index >= 15 is 0 Å². The minimum Gasteiger partial charge on any atom is -0.350 e. The molecule has 0 aliphatic rings. The zero-order valence-corrected chi connectivity index (χ0v) is 18.7. The van der Waals surface area contributed by atoms with E-state index in [1.807, 2.05) is 68.6 Å². The van der Waals surface area contributed by atoms with E-state index in [9.17, 15) is 4.79 Å². The number of carbonyl (C=O) groups is 1. The molecule has 32 heavy (non-hydrogen) atoms. The van der Waals surface area contributed by atoms with Crippen LogP contribution in [0.4, 0.5) is 0 Å². The average Bonchev–Trinajstić information content (AvgIpc) is 3.26. The molecule has 4 aromatic rings. The highest BCUT2D eigenvalue weighted by Crippen LogP contribution is 2.26. The summed E-state index contributed by atoms with van der Waals surface area (Å²) in [4.78, 5) is 22.5. The molecule has 1 aromatic carbocycles. The number of aromatic nitrogens is 4. The van der Waals surface area contributed by atoms with Gasteiger partial charge in [0.2, 0.25) is 0 Å². The lowest BCUT2D eigenvalue weighted by Gasteiger charge is -2.14. The highest BCUT2D eigenvalue weighted by Gasteiger charge is 2.16. The molecule has 0 saturated heterocycles. The maximum absolute atomic E-state index is 12.8. The predicted octanol–water partition coefficient (Wildman–Crippen LogP) is 3.75. The quantitative estimate of drug-likeness (QED) is 0.447. The summed E-state index contributed by atoms with van der Waals surface area (Å²) in [7, 11) is 0. The molecule has 164 valence electrons. The second-order valence-corrected chi connectivity index (χ2v) is 7.76. The van der Waals surface area contributed by atoms with Gasteiger partial charge in [-0.3, -0.25) is 9.78 Å². The summed E-state index contributed by atoms with van der Waals surface area (Å²) in [5, 5.41) is 10.8. The minimum absolute atomic E-state index is 0.109. The molecule has 0 radical (unpaired) electrons. The fourth-order valence-corrected chi connectivity index (χ4v) is 3.63. The molecule has 3 aromatic heterocycles. The van der Waals surface area contributed by atoms with Gasteiger partial charge in [0.15, 0.2) is 5.65 Å². The summed E-state index contributed by atoms with van der Waals surface area (Å²) in [5.74, 6) is -0.109. The summed E-state index contributed by atoms with van der Waals surface area (Å²) in [6.07, 6.45) is 4.38. The van der Waals surface area contributed by atoms with Crippen molar-refractivity contribution in [2.45, 2.75) is 33.2 Å². The van der Waals surface area contributed by atoms with Gasteiger partial charge in [-0.15, -0.1) is 0 Å². The normalized spacial score (nSPS) is 12.1. The zero-order chi connectivity index (χ0) is 22.5. The number of nitrogens with one attached hydrogen (secondary N) is 2. The number of aryl methyl sites for hydroxylation is 1. The van der Waals surface area contributed by atoms with Gasteiger partial charge in [-0.1, -0.05) is 44.2 Å². The fraction of sp³-hybridized carbons (Fsp3) is 0.280. The van der Waals surface area contributed by atoms with Crippen molar-refractivity contribution < 1.29 is 4.79 Å². The van der Waals surface area contributed by atoms with E-state index in [1.165, 1.54) is 0 Å². The first-order chi connectivity index (χ1) is 15.6. The van der Waals surface area contributed by atoms with Crippen LogP contribution in [0.25, 0.3) is 28.2 Å². The third-order valence-electron chi connectivity index (χ3n) is 5.34. The van der Waals surface area contributed by atoms with E-state index in [0.717, 1.165) is 35.5 Å². The topological polar surface area (TPSA) is 84.2 Å². The molecule has 4 rings (SSSR count). The number of fused-ring (bicyclic) bond motifs is 1. The molecule has 1 amide bonds. The van der Waals surface area contributed by atoms with Crippen molar-refractivity contribution >= 4 is 11.6 Å². The van der Waals surface area contributed by atoms with E-state index in [-0.39, 0.29) is 11.9 Å². The molecule has 0 spiro atoms. The average molecular weight is 429 g/mol. The molecule has 0 fully saturated rings. The molecule has 1 atom stereocenters. The first-order valence-corrected chi connectivity index (χ1v) is 11.0. The zero-order valence-electron chi connectivity index (χ0n) is 18.7. The third kappa shape index (κ3) is 4.68. The summed E-state index contributed by atoms with van der Waals surface area (Å²) in [6.45, 7) is 7.55. The van der Waals surface area contributed by atoms with Crippen LogP contribution in [0.2, 0.25) is 0 Å². The van der Waals surface area contributed by atoms with Crippen molar-refractivity contribution in [1.29, 1.82) is 0 Å². The smallest absolute Gasteiger partial charge is 0.251 e. The van der Waals surface area contributed by atoms with Crippen molar-refractivity contribution in [2.24, 2.45) is 0 Å². The number of pyridine rings is 1. The monoisotopic (exact) mass is 428 g/mol. The maximum atomic E-state index is 12.8. The lowest BCUT2D eigenvalue weighted by atomic mass is 10.1. The number of hydrogen-bond acceptors (Lipinski definition) is 5. The van der Waals surface area contributed by atoms with Crippen LogP contribution in [0, 0.1) is 0 Å². The van der Waals surface area contributed by atoms with Crippen LogP contribution < -0.4 is 10.6 Å². The van der Waals surface area contributed by atoms with E-state index < -0.39 is 0 Å². The Morgan fingerprint density at radius 3 is 2.62 bits per heavy atom. The van der Waals surface area contributed by atoms with Gasteiger partial charge in [-0.05, 0) is 38.1 Å². The lowest BCUT2D eigenvalue weighted by molar-refractivity contribution is 0.0950. The fourth-order valence-electron chi connectivity index (χ4n) is 3.63. The number of hydrogen-bond donors (Lipinski definition) is 2. The van der Waals surface area contributed by atoms with Crippen molar-refractivity contribution in [1.82, 2.24) is 30.2 Å². The predicted molar refractivity (Wildman–Crippen MR) is 127 cm³/mol. The summed E-state index contributed by atoms with van der Waals surface area (Å²) in [5.41, 5.74) is 5.54. The van der Waals surface area contributed by atoms with E-state index in [0.29, 0.717) is 23.4 Å². The molecule has 0 aliphatic carbocycles. The van der Waals surface area contributed by atoms with Crippen molar-refractivity contribution in [3.8, 4) is 22.5 Å². The molecule has 7 heteroatoms. The number of rotatable bonds is 8. The largest absolute Gasteiger partial charge is 0.350 e. The molecule has 3 heterocycles. The van der Waals surface area contributed by atoms with Crippen LogP contribution in [0.3, 0.4) is 0 Å². The van der Waals surface area contributed by atoms with Gasteiger partial charge in [0.25, 0.3) is 5.91 Å². The van der Waals surface area contributed by atoms with E-state index in [1.54, 1.807) is 10.7 Å². The van der Waals surface area contributed by atoms with Gasteiger partial charge in [0, 0.05) is 35.6 Å². The van der Waals surface area contributed by atoms with E-state index in [2.05, 4.69) is 22.7 Å². The third-order valence-corrected chi connectivity index (χ3v) is 5.34. The Kier molecular flexibility index (Phi) is 6.56. The molecule has 7 nitrogen and oxygen atoms in total. The van der Waals surface area contributed by atoms with Crippen molar-refractivity contribution in [2.75, 3.05) is 13.1 Å². The first-order valence-electron chi connectivity index (χ1n) is 11.0. The van der Waals surface area contributed by atoms with Gasteiger partial charge in [0.1, 0.15) is 0 Å². The minimum atomic E-state index is -0.109. The Hall–Kier alpha value is -3.58. The van der Waals surface area contributed by atoms with Gasteiger partial charge >= 0.3 is 0 Å². The second kappa shape index (κ2) is 9.70. The maximum Gasteiger partial charge on any atom is 0.251 e. The van der Waals surface area contributed by atoms with Crippen LogP contribution in [-0.2, 0) is 6.42 Å². The van der Waals surface area contributed by atoms with Crippen molar-refractivity contribution in [3.05, 3.63) is 72.2 Å². The van der Waals surface area contributed by atoms with Crippen LogP contribution in [0.15, 0.2) is 60.9 Å². The number of carbonyl (C=O) groups excluding carboxylic acids is 1. The molecule has 0 aliphatic heterocycles. The van der Waals surface area contributed by atoms with Gasteiger partial charge < -0.3 is 10.6 Å². The lowest BCUT2D eigenvalue weighted by Crippen LogP contribution is -2.38.